The second-order valence-corrected chi connectivity index (χ2v) is 4.90. The summed E-state index contributed by atoms with van der Waals surface area (Å²) < 4.78 is 16.5. The van der Waals surface area contributed by atoms with Crippen LogP contribution in [0.5, 0.6) is 5.75 Å². The first kappa shape index (κ1) is 16.5. The normalized spacial score (nSPS) is 12.4. The van der Waals surface area contributed by atoms with Gasteiger partial charge in [0.2, 0.25) is 0 Å². The Morgan fingerprint density at radius 2 is 2.05 bits per heavy atom. The zero-order valence-electron chi connectivity index (χ0n) is 11.7. The molecule has 0 saturated heterocycles. The highest BCUT2D eigenvalue weighted by molar-refractivity contribution is 9.09. The van der Waals surface area contributed by atoms with E-state index in [2.05, 4.69) is 22.9 Å². The van der Waals surface area contributed by atoms with Gasteiger partial charge in [0, 0.05) is 11.9 Å². The maximum absolute atomic E-state index is 5.83. The fraction of sp³-hybridized carbons (Fsp3) is 0.600. The van der Waals surface area contributed by atoms with Gasteiger partial charge in [0.1, 0.15) is 5.75 Å². The number of benzene rings is 1. The average molecular weight is 331 g/mol. The van der Waals surface area contributed by atoms with Crippen LogP contribution in [-0.2, 0) is 9.47 Å². The van der Waals surface area contributed by atoms with E-state index >= 15 is 0 Å². The molecule has 0 amide bonds. The Morgan fingerprint density at radius 1 is 1.21 bits per heavy atom. The number of rotatable bonds is 10. The molecule has 0 saturated carbocycles. The summed E-state index contributed by atoms with van der Waals surface area (Å²) in [6.07, 6.45) is 2.30. The van der Waals surface area contributed by atoms with Crippen molar-refractivity contribution >= 4 is 15.9 Å². The van der Waals surface area contributed by atoms with E-state index in [4.69, 9.17) is 14.2 Å². The van der Waals surface area contributed by atoms with Crippen LogP contribution >= 0.6 is 15.9 Å². The molecular formula is C15H23BrO3. The second kappa shape index (κ2) is 10.2. The van der Waals surface area contributed by atoms with Gasteiger partial charge < -0.3 is 14.2 Å². The Bertz CT molecular complexity index is 344. The summed E-state index contributed by atoms with van der Waals surface area (Å²) >= 11 is 3.49. The van der Waals surface area contributed by atoms with E-state index in [1.54, 1.807) is 7.11 Å². The van der Waals surface area contributed by atoms with Crippen LogP contribution in [0.2, 0.25) is 0 Å². The van der Waals surface area contributed by atoms with Crippen LogP contribution in [0, 0.1) is 0 Å². The van der Waals surface area contributed by atoms with Crippen LogP contribution in [0.15, 0.2) is 24.3 Å². The van der Waals surface area contributed by atoms with Crippen LogP contribution in [0.25, 0.3) is 0 Å². The number of hydrogen-bond donors (Lipinski definition) is 0. The van der Waals surface area contributed by atoms with E-state index in [-0.39, 0.29) is 6.10 Å². The lowest BCUT2D eigenvalue weighted by Crippen LogP contribution is -2.11. The Hall–Kier alpha value is -0.580. The van der Waals surface area contributed by atoms with Crippen LogP contribution in [0.3, 0.4) is 0 Å². The Balaban J connectivity index is 2.35. The highest BCUT2D eigenvalue weighted by Gasteiger charge is 2.11. The Morgan fingerprint density at radius 3 is 2.74 bits per heavy atom. The zero-order chi connectivity index (χ0) is 13.9. The van der Waals surface area contributed by atoms with Crippen molar-refractivity contribution in [3.05, 3.63) is 29.8 Å². The number of hydrogen-bond acceptors (Lipinski definition) is 3. The van der Waals surface area contributed by atoms with E-state index in [0.717, 1.165) is 36.1 Å². The van der Waals surface area contributed by atoms with Crippen molar-refractivity contribution in [2.24, 2.45) is 0 Å². The van der Waals surface area contributed by atoms with Gasteiger partial charge in [-0.05, 0) is 24.1 Å². The first-order chi connectivity index (χ1) is 9.31. The molecule has 3 nitrogen and oxygen atoms in total. The maximum Gasteiger partial charge on any atom is 0.119 e. The van der Waals surface area contributed by atoms with E-state index in [1.807, 2.05) is 24.3 Å². The summed E-state index contributed by atoms with van der Waals surface area (Å²) in [5, 5.41) is 0.759. The standard InChI is InChI=1S/C15H23BrO3/c1-3-4-8-18-9-10-19-15(12-16)13-6-5-7-14(11-13)17-2/h5-7,11,15H,3-4,8-10,12H2,1-2H3. The first-order valence-electron chi connectivity index (χ1n) is 6.71. The highest BCUT2D eigenvalue weighted by Crippen LogP contribution is 2.23. The minimum Gasteiger partial charge on any atom is -0.497 e. The first-order valence-corrected chi connectivity index (χ1v) is 7.83. The molecule has 0 fully saturated rings. The number of unbranched alkanes of at least 4 members (excludes halogenated alkanes) is 1. The van der Waals surface area contributed by atoms with Crippen LogP contribution < -0.4 is 4.74 Å². The monoisotopic (exact) mass is 330 g/mol. The topological polar surface area (TPSA) is 27.7 Å². The van der Waals surface area contributed by atoms with E-state index in [9.17, 15) is 0 Å². The van der Waals surface area contributed by atoms with E-state index in [1.165, 1.54) is 0 Å². The van der Waals surface area contributed by atoms with Gasteiger partial charge in [-0.15, -0.1) is 0 Å². The fourth-order valence-electron chi connectivity index (χ4n) is 1.67. The molecule has 0 aromatic heterocycles. The van der Waals surface area contributed by atoms with Crippen molar-refractivity contribution in [3.8, 4) is 5.75 Å². The maximum atomic E-state index is 5.83. The van der Waals surface area contributed by atoms with Crippen molar-refractivity contribution in [1.82, 2.24) is 0 Å². The smallest absolute Gasteiger partial charge is 0.119 e. The highest BCUT2D eigenvalue weighted by atomic mass is 79.9. The predicted molar refractivity (Wildman–Crippen MR) is 81.2 cm³/mol. The largest absolute Gasteiger partial charge is 0.497 e. The van der Waals surface area contributed by atoms with Gasteiger partial charge in [-0.1, -0.05) is 41.4 Å². The molecule has 1 aromatic rings. The molecular weight excluding hydrogens is 308 g/mol. The molecule has 1 atom stereocenters. The summed E-state index contributed by atoms with van der Waals surface area (Å²) in [4.78, 5) is 0. The minimum absolute atomic E-state index is 0.0323. The molecule has 0 bridgehead atoms. The summed E-state index contributed by atoms with van der Waals surface area (Å²) in [5.74, 6) is 0.853. The third kappa shape index (κ3) is 6.41. The van der Waals surface area contributed by atoms with Crippen molar-refractivity contribution in [2.45, 2.75) is 25.9 Å². The SMILES string of the molecule is CCCCOCCOC(CBr)c1cccc(OC)c1. The third-order valence-corrected chi connectivity index (χ3v) is 3.38. The molecule has 0 aliphatic heterocycles. The zero-order valence-corrected chi connectivity index (χ0v) is 13.3. The number of methoxy groups -OCH3 is 1. The molecule has 1 aromatic carbocycles. The van der Waals surface area contributed by atoms with Crippen molar-refractivity contribution < 1.29 is 14.2 Å². The average Bonchev–Trinajstić information content (AvgIpc) is 2.46. The lowest BCUT2D eigenvalue weighted by atomic mass is 10.1. The van der Waals surface area contributed by atoms with Gasteiger partial charge in [-0.2, -0.15) is 0 Å². The second-order valence-electron chi connectivity index (χ2n) is 4.26. The van der Waals surface area contributed by atoms with Gasteiger partial charge in [0.25, 0.3) is 0 Å². The summed E-state index contributed by atoms with van der Waals surface area (Å²) in [6.45, 7) is 4.23. The lowest BCUT2D eigenvalue weighted by molar-refractivity contribution is 0.0132. The molecule has 0 N–H and O–H groups in total. The van der Waals surface area contributed by atoms with E-state index < -0.39 is 0 Å². The van der Waals surface area contributed by atoms with Crippen molar-refractivity contribution in [1.29, 1.82) is 0 Å². The third-order valence-electron chi connectivity index (χ3n) is 2.79. The molecule has 0 aliphatic rings. The molecule has 0 heterocycles. The van der Waals surface area contributed by atoms with Crippen LogP contribution in [0.1, 0.15) is 31.4 Å². The molecule has 19 heavy (non-hydrogen) atoms. The number of alkyl halides is 1. The predicted octanol–water partition coefficient (Wildman–Crippen LogP) is 3.96. The molecule has 4 heteroatoms. The fourth-order valence-corrected chi connectivity index (χ4v) is 2.23. The van der Waals surface area contributed by atoms with Crippen molar-refractivity contribution in [2.75, 3.05) is 32.3 Å². The molecule has 108 valence electrons. The number of halogens is 1. The van der Waals surface area contributed by atoms with Crippen molar-refractivity contribution in [3.63, 3.8) is 0 Å². The molecule has 0 spiro atoms. The van der Waals surface area contributed by atoms with Gasteiger partial charge in [0.05, 0.1) is 26.4 Å². The molecule has 0 radical (unpaired) electrons. The quantitative estimate of drug-likeness (QED) is 0.480. The Labute approximate surface area is 124 Å². The van der Waals surface area contributed by atoms with Crippen LogP contribution in [0.4, 0.5) is 0 Å². The summed E-state index contributed by atoms with van der Waals surface area (Å²) in [5.41, 5.74) is 1.12. The molecule has 1 rings (SSSR count). The van der Waals surface area contributed by atoms with Crippen LogP contribution in [-0.4, -0.2) is 32.3 Å². The van der Waals surface area contributed by atoms with Gasteiger partial charge >= 0.3 is 0 Å². The van der Waals surface area contributed by atoms with Gasteiger partial charge in [-0.25, -0.2) is 0 Å². The Kier molecular flexibility index (Phi) is 8.88. The van der Waals surface area contributed by atoms with Gasteiger partial charge in [0.15, 0.2) is 0 Å². The summed E-state index contributed by atoms with van der Waals surface area (Å²) in [6, 6.07) is 7.96. The van der Waals surface area contributed by atoms with E-state index in [0.29, 0.717) is 13.2 Å². The molecule has 1 unspecified atom stereocenters. The number of ether oxygens (including phenoxy) is 3. The summed E-state index contributed by atoms with van der Waals surface area (Å²) in [7, 11) is 1.67. The minimum atomic E-state index is 0.0323. The molecule has 0 aliphatic carbocycles. The lowest BCUT2D eigenvalue weighted by Gasteiger charge is -2.16. The van der Waals surface area contributed by atoms with Gasteiger partial charge in [-0.3, -0.25) is 0 Å².